The van der Waals surface area contributed by atoms with Crippen molar-refractivity contribution in [1.29, 1.82) is 0 Å². The van der Waals surface area contributed by atoms with E-state index in [0.717, 1.165) is 32.7 Å². The molecule has 1 aliphatic rings. The normalized spacial score (nSPS) is 23.8. The fourth-order valence-corrected chi connectivity index (χ4v) is 2.77. The summed E-state index contributed by atoms with van der Waals surface area (Å²) in [6, 6.07) is 0. The Bertz CT molecular complexity index is 210. The van der Waals surface area contributed by atoms with Crippen LogP contribution in [0.25, 0.3) is 0 Å². The molecule has 0 atom stereocenters. The van der Waals surface area contributed by atoms with Crippen molar-refractivity contribution in [2.24, 2.45) is 0 Å². The van der Waals surface area contributed by atoms with Crippen molar-refractivity contribution in [3.63, 3.8) is 0 Å². The van der Waals surface area contributed by atoms with E-state index in [1.807, 2.05) is 0 Å². The number of hydrogen-bond donors (Lipinski definition) is 1. The second kappa shape index (κ2) is 6.17. The molecule has 3 heteroatoms. The highest BCUT2D eigenvalue weighted by Gasteiger charge is 2.37. The lowest BCUT2D eigenvalue weighted by molar-refractivity contribution is -0.180. The molecule has 1 fully saturated rings. The van der Waals surface area contributed by atoms with Gasteiger partial charge in [-0.1, -0.05) is 13.3 Å². The Labute approximate surface area is 107 Å². The number of morpholine rings is 1. The predicted octanol–water partition coefficient (Wildman–Crippen LogP) is 2.27. The maximum Gasteiger partial charge on any atom is 0.0760 e. The molecular formula is C14H30N2O. The molecule has 17 heavy (non-hydrogen) atoms. The average Bonchev–Trinajstić information content (AvgIpc) is 2.12. The quantitative estimate of drug-likeness (QED) is 0.723. The lowest BCUT2D eigenvalue weighted by atomic mass is 9.99. The second-order valence-electron chi connectivity index (χ2n) is 6.44. The van der Waals surface area contributed by atoms with E-state index in [2.05, 4.69) is 44.8 Å². The molecule has 0 unspecified atom stereocenters. The lowest BCUT2D eigenvalue weighted by Crippen LogP contribution is -2.58. The SMILES string of the molecule is CCCCNCCN1CC(C)(C)OC(C)(C)C1. The number of hydrogen-bond acceptors (Lipinski definition) is 3. The fraction of sp³-hybridized carbons (Fsp3) is 1.00. The van der Waals surface area contributed by atoms with Gasteiger partial charge in [-0.3, -0.25) is 4.90 Å². The third-order valence-electron chi connectivity index (χ3n) is 3.07. The number of unbranched alkanes of at least 4 members (excludes halogenated alkanes) is 1. The van der Waals surface area contributed by atoms with Crippen molar-refractivity contribution < 1.29 is 4.74 Å². The summed E-state index contributed by atoms with van der Waals surface area (Å²) in [4.78, 5) is 2.52. The van der Waals surface area contributed by atoms with Gasteiger partial charge in [0.05, 0.1) is 11.2 Å². The molecular weight excluding hydrogens is 212 g/mol. The third kappa shape index (κ3) is 5.84. The van der Waals surface area contributed by atoms with E-state index in [1.54, 1.807) is 0 Å². The van der Waals surface area contributed by atoms with Crippen LogP contribution in [0, 0.1) is 0 Å². The van der Waals surface area contributed by atoms with Crippen LogP contribution in [0.1, 0.15) is 47.5 Å². The van der Waals surface area contributed by atoms with Crippen LogP contribution in [0.2, 0.25) is 0 Å². The maximum absolute atomic E-state index is 6.07. The summed E-state index contributed by atoms with van der Waals surface area (Å²) in [5.74, 6) is 0. The highest BCUT2D eigenvalue weighted by molar-refractivity contribution is 4.89. The first kappa shape index (κ1) is 14.9. The van der Waals surface area contributed by atoms with E-state index in [4.69, 9.17) is 4.74 Å². The van der Waals surface area contributed by atoms with Gasteiger partial charge < -0.3 is 10.1 Å². The number of nitrogens with zero attached hydrogens (tertiary/aromatic N) is 1. The van der Waals surface area contributed by atoms with Crippen LogP contribution in [0.15, 0.2) is 0 Å². The molecule has 1 aliphatic heterocycles. The number of rotatable bonds is 6. The first-order valence-electron chi connectivity index (χ1n) is 6.98. The Morgan fingerprint density at radius 1 is 1.06 bits per heavy atom. The van der Waals surface area contributed by atoms with Gasteiger partial charge in [0.2, 0.25) is 0 Å². The topological polar surface area (TPSA) is 24.5 Å². The molecule has 1 N–H and O–H groups in total. The van der Waals surface area contributed by atoms with Crippen LogP contribution < -0.4 is 5.32 Å². The molecule has 1 rings (SSSR count). The smallest absolute Gasteiger partial charge is 0.0760 e. The zero-order chi connectivity index (χ0) is 12.9. The van der Waals surface area contributed by atoms with Crippen LogP contribution in [0.4, 0.5) is 0 Å². The summed E-state index contributed by atoms with van der Waals surface area (Å²) < 4.78 is 6.07. The summed E-state index contributed by atoms with van der Waals surface area (Å²) in [7, 11) is 0. The van der Waals surface area contributed by atoms with Gasteiger partial charge in [0, 0.05) is 26.2 Å². The fourth-order valence-electron chi connectivity index (χ4n) is 2.77. The van der Waals surface area contributed by atoms with Crippen molar-refractivity contribution in [1.82, 2.24) is 10.2 Å². The van der Waals surface area contributed by atoms with Crippen LogP contribution in [-0.4, -0.2) is 48.8 Å². The van der Waals surface area contributed by atoms with Gasteiger partial charge in [-0.15, -0.1) is 0 Å². The molecule has 102 valence electrons. The zero-order valence-electron chi connectivity index (χ0n) is 12.3. The highest BCUT2D eigenvalue weighted by atomic mass is 16.5. The van der Waals surface area contributed by atoms with E-state index in [-0.39, 0.29) is 11.2 Å². The average molecular weight is 242 g/mol. The predicted molar refractivity (Wildman–Crippen MR) is 73.5 cm³/mol. The third-order valence-corrected chi connectivity index (χ3v) is 3.07. The van der Waals surface area contributed by atoms with Crippen molar-refractivity contribution in [3.05, 3.63) is 0 Å². The second-order valence-corrected chi connectivity index (χ2v) is 6.44. The van der Waals surface area contributed by atoms with Crippen LogP contribution in [0.5, 0.6) is 0 Å². The summed E-state index contributed by atoms with van der Waals surface area (Å²) >= 11 is 0. The zero-order valence-corrected chi connectivity index (χ0v) is 12.3. The molecule has 0 aromatic heterocycles. The van der Waals surface area contributed by atoms with Gasteiger partial charge in [-0.05, 0) is 40.7 Å². The minimum absolute atomic E-state index is 0.0227. The van der Waals surface area contributed by atoms with Gasteiger partial charge in [-0.2, -0.15) is 0 Å². The van der Waals surface area contributed by atoms with Crippen molar-refractivity contribution in [3.8, 4) is 0 Å². The van der Waals surface area contributed by atoms with Gasteiger partial charge >= 0.3 is 0 Å². The summed E-state index contributed by atoms with van der Waals surface area (Å²) in [6.45, 7) is 16.4. The molecule has 1 saturated heterocycles. The van der Waals surface area contributed by atoms with Gasteiger partial charge in [0.1, 0.15) is 0 Å². The van der Waals surface area contributed by atoms with Gasteiger partial charge in [-0.25, -0.2) is 0 Å². The Hall–Kier alpha value is -0.120. The Morgan fingerprint density at radius 2 is 1.65 bits per heavy atom. The minimum atomic E-state index is -0.0227. The summed E-state index contributed by atoms with van der Waals surface area (Å²) in [5.41, 5.74) is -0.0453. The Morgan fingerprint density at radius 3 is 2.18 bits per heavy atom. The summed E-state index contributed by atoms with van der Waals surface area (Å²) in [5, 5.41) is 3.51. The standard InChI is InChI=1S/C14H30N2O/c1-6-7-8-15-9-10-16-11-13(2,3)17-14(4,5)12-16/h15H,6-12H2,1-5H3. The van der Waals surface area contributed by atoms with Crippen LogP contribution >= 0.6 is 0 Å². The molecule has 0 aliphatic carbocycles. The first-order chi connectivity index (χ1) is 7.85. The van der Waals surface area contributed by atoms with Gasteiger partial charge in [0.15, 0.2) is 0 Å². The first-order valence-corrected chi connectivity index (χ1v) is 6.98. The van der Waals surface area contributed by atoms with E-state index in [0.29, 0.717) is 0 Å². The van der Waals surface area contributed by atoms with E-state index < -0.39 is 0 Å². The van der Waals surface area contributed by atoms with E-state index in [1.165, 1.54) is 12.8 Å². The molecule has 0 aromatic rings. The summed E-state index contributed by atoms with van der Waals surface area (Å²) in [6.07, 6.45) is 2.55. The number of nitrogens with one attached hydrogen (secondary N) is 1. The highest BCUT2D eigenvalue weighted by Crippen LogP contribution is 2.27. The van der Waals surface area contributed by atoms with E-state index in [9.17, 15) is 0 Å². The monoisotopic (exact) mass is 242 g/mol. The molecule has 0 bridgehead atoms. The van der Waals surface area contributed by atoms with Crippen LogP contribution in [-0.2, 0) is 4.74 Å². The molecule has 0 radical (unpaired) electrons. The van der Waals surface area contributed by atoms with Crippen molar-refractivity contribution in [2.75, 3.05) is 32.7 Å². The van der Waals surface area contributed by atoms with E-state index >= 15 is 0 Å². The largest absolute Gasteiger partial charge is 0.367 e. The molecule has 0 aromatic carbocycles. The number of ether oxygens (including phenoxy) is 1. The van der Waals surface area contributed by atoms with Crippen LogP contribution in [0.3, 0.4) is 0 Å². The maximum atomic E-state index is 6.07. The molecule has 1 heterocycles. The molecule has 0 spiro atoms. The van der Waals surface area contributed by atoms with Crippen molar-refractivity contribution in [2.45, 2.75) is 58.7 Å². The molecule has 0 amide bonds. The Kier molecular flexibility index (Phi) is 5.42. The lowest BCUT2D eigenvalue weighted by Gasteiger charge is -2.47. The van der Waals surface area contributed by atoms with Gasteiger partial charge in [0.25, 0.3) is 0 Å². The molecule has 0 saturated carbocycles. The Balaban J connectivity index is 2.28. The minimum Gasteiger partial charge on any atom is -0.367 e. The van der Waals surface area contributed by atoms with Crippen molar-refractivity contribution >= 4 is 0 Å². The molecule has 3 nitrogen and oxygen atoms in total.